The maximum Gasteiger partial charge on any atom is 0.435 e. The van der Waals surface area contributed by atoms with Gasteiger partial charge in [-0.05, 0) is 32.9 Å². The number of hydrogen-bond acceptors (Lipinski definition) is 3. The molecule has 1 heterocycles. The molecule has 3 nitrogen and oxygen atoms in total. The first-order chi connectivity index (χ1) is 7.63. The molecule has 7 heteroatoms. The van der Waals surface area contributed by atoms with E-state index in [1.165, 1.54) is 6.07 Å². The average molecular weight is 268 g/mol. The number of aromatic nitrogens is 2. The molecule has 1 rings (SSSR count). The van der Waals surface area contributed by atoms with Gasteiger partial charge in [0.05, 0.1) is 5.38 Å². The standard InChI is InChI=1S/C10H13ClF3N3/c1-6(11)9(2,3)15-8-5-4-7(16-17-8)10(12,13)14/h4-6H,1-3H3,(H,15,17). The van der Waals surface area contributed by atoms with E-state index in [9.17, 15) is 13.2 Å². The molecule has 1 N–H and O–H groups in total. The van der Waals surface area contributed by atoms with Crippen LogP contribution in [0, 0.1) is 0 Å². The molecule has 0 aliphatic heterocycles. The first-order valence-corrected chi connectivity index (χ1v) is 5.40. The summed E-state index contributed by atoms with van der Waals surface area (Å²) >= 11 is 5.93. The molecule has 0 amide bonds. The van der Waals surface area contributed by atoms with E-state index in [0.29, 0.717) is 0 Å². The van der Waals surface area contributed by atoms with Crippen molar-refractivity contribution in [2.24, 2.45) is 0 Å². The van der Waals surface area contributed by atoms with Gasteiger partial charge in [0.2, 0.25) is 0 Å². The molecule has 96 valence electrons. The van der Waals surface area contributed by atoms with Crippen LogP contribution in [0.2, 0.25) is 0 Å². The van der Waals surface area contributed by atoms with Crippen molar-refractivity contribution in [1.29, 1.82) is 0 Å². The number of nitrogens with zero attached hydrogens (tertiary/aromatic N) is 2. The van der Waals surface area contributed by atoms with Gasteiger partial charge in [-0.25, -0.2) is 0 Å². The summed E-state index contributed by atoms with van der Waals surface area (Å²) < 4.78 is 36.7. The lowest BCUT2D eigenvalue weighted by atomic mass is 10.0. The fraction of sp³-hybridized carbons (Fsp3) is 0.600. The molecular formula is C10H13ClF3N3. The second-order valence-corrected chi connectivity index (χ2v) is 4.92. The van der Waals surface area contributed by atoms with E-state index >= 15 is 0 Å². The summed E-state index contributed by atoms with van der Waals surface area (Å²) in [6, 6.07) is 2.11. The molecule has 0 aliphatic rings. The molecule has 0 bridgehead atoms. The largest absolute Gasteiger partial charge is 0.435 e. The van der Waals surface area contributed by atoms with Gasteiger partial charge in [0.1, 0.15) is 5.82 Å². The van der Waals surface area contributed by atoms with Crippen LogP contribution in [-0.4, -0.2) is 21.1 Å². The number of anilines is 1. The van der Waals surface area contributed by atoms with E-state index in [1.807, 2.05) is 13.8 Å². The number of hydrogen-bond donors (Lipinski definition) is 1. The Hall–Kier alpha value is -1.04. The minimum atomic E-state index is -4.47. The summed E-state index contributed by atoms with van der Waals surface area (Å²) in [5.74, 6) is 0.260. The van der Waals surface area contributed by atoms with Crippen molar-refractivity contribution in [3.05, 3.63) is 17.8 Å². The lowest BCUT2D eigenvalue weighted by molar-refractivity contribution is -0.141. The molecule has 0 saturated carbocycles. The van der Waals surface area contributed by atoms with E-state index in [1.54, 1.807) is 6.92 Å². The first-order valence-electron chi connectivity index (χ1n) is 4.96. The predicted octanol–water partition coefficient (Wildman–Crippen LogP) is 3.31. The molecule has 0 aromatic carbocycles. The maximum atomic E-state index is 12.2. The van der Waals surface area contributed by atoms with Crippen LogP contribution >= 0.6 is 11.6 Å². The molecule has 1 unspecified atom stereocenters. The van der Waals surface area contributed by atoms with Crippen LogP contribution in [0.5, 0.6) is 0 Å². The topological polar surface area (TPSA) is 37.8 Å². The van der Waals surface area contributed by atoms with Crippen LogP contribution in [0.25, 0.3) is 0 Å². The van der Waals surface area contributed by atoms with Crippen LogP contribution in [-0.2, 0) is 6.18 Å². The van der Waals surface area contributed by atoms with Crippen molar-refractivity contribution >= 4 is 17.4 Å². The zero-order valence-corrected chi connectivity index (χ0v) is 10.4. The normalized spacial score (nSPS) is 14.5. The summed E-state index contributed by atoms with van der Waals surface area (Å²) in [6.07, 6.45) is -4.47. The summed E-state index contributed by atoms with van der Waals surface area (Å²) in [7, 11) is 0. The molecule has 0 spiro atoms. The Labute approximate surface area is 102 Å². The Kier molecular flexibility index (Phi) is 3.86. The number of halogens is 4. The zero-order valence-electron chi connectivity index (χ0n) is 9.64. The number of nitrogens with one attached hydrogen (secondary N) is 1. The van der Waals surface area contributed by atoms with Crippen LogP contribution in [0.3, 0.4) is 0 Å². The second kappa shape index (κ2) is 4.68. The SMILES string of the molecule is CC(Cl)C(C)(C)Nc1ccc(C(F)(F)F)nn1. The van der Waals surface area contributed by atoms with E-state index in [4.69, 9.17) is 11.6 Å². The van der Waals surface area contributed by atoms with Crippen LogP contribution in [0.4, 0.5) is 19.0 Å². The molecule has 1 aromatic heterocycles. The van der Waals surface area contributed by atoms with Crippen LogP contribution in [0.15, 0.2) is 12.1 Å². The van der Waals surface area contributed by atoms with Crippen molar-refractivity contribution in [3.8, 4) is 0 Å². The van der Waals surface area contributed by atoms with Gasteiger partial charge in [0.15, 0.2) is 5.69 Å². The summed E-state index contributed by atoms with van der Waals surface area (Å²) in [5.41, 5.74) is -1.50. The second-order valence-electron chi connectivity index (χ2n) is 4.26. The van der Waals surface area contributed by atoms with Gasteiger partial charge in [-0.1, -0.05) is 0 Å². The Balaban J connectivity index is 2.83. The maximum absolute atomic E-state index is 12.2. The van der Waals surface area contributed by atoms with Gasteiger partial charge in [0.25, 0.3) is 0 Å². The van der Waals surface area contributed by atoms with Gasteiger partial charge in [-0.2, -0.15) is 13.2 Å². The molecule has 1 aromatic rings. The molecule has 0 radical (unpaired) electrons. The monoisotopic (exact) mass is 267 g/mol. The van der Waals surface area contributed by atoms with Gasteiger partial charge in [-0.3, -0.25) is 0 Å². The highest BCUT2D eigenvalue weighted by molar-refractivity contribution is 6.21. The average Bonchev–Trinajstić information content (AvgIpc) is 2.16. The third-order valence-electron chi connectivity index (χ3n) is 2.40. The Morgan fingerprint density at radius 1 is 1.24 bits per heavy atom. The van der Waals surface area contributed by atoms with E-state index in [2.05, 4.69) is 15.5 Å². The molecule has 0 aliphatic carbocycles. The minimum absolute atomic E-state index is 0.216. The molecule has 17 heavy (non-hydrogen) atoms. The van der Waals surface area contributed by atoms with Gasteiger partial charge in [-0.15, -0.1) is 21.8 Å². The Morgan fingerprint density at radius 3 is 2.18 bits per heavy atom. The van der Waals surface area contributed by atoms with Crippen LogP contribution in [0.1, 0.15) is 26.5 Å². The smallest absolute Gasteiger partial charge is 0.362 e. The minimum Gasteiger partial charge on any atom is -0.362 e. The van der Waals surface area contributed by atoms with Gasteiger partial charge < -0.3 is 5.32 Å². The van der Waals surface area contributed by atoms with Gasteiger partial charge >= 0.3 is 6.18 Å². The summed E-state index contributed by atoms with van der Waals surface area (Å²) in [4.78, 5) is 0. The quantitative estimate of drug-likeness (QED) is 0.854. The predicted molar refractivity (Wildman–Crippen MR) is 60.1 cm³/mol. The van der Waals surface area contributed by atoms with Crippen molar-refractivity contribution in [2.75, 3.05) is 5.32 Å². The Morgan fingerprint density at radius 2 is 1.82 bits per heavy atom. The van der Waals surface area contributed by atoms with Crippen LogP contribution < -0.4 is 5.32 Å². The number of alkyl halides is 4. The highest BCUT2D eigenvalue weighted by Gasteiger charge is 2.33. The molecule has 0 saturated heterocycles. The van der Waals surface area contributed by atoms with Gasteiger partial charge in [0, 0.05) is 5.54 Å². The fourth-order valence-electron chi connectivity index (χ4n) is 0.980. The zero-order chi connectivity index (χ0) is 13.3. The molecular weight excluding hydrogens is 255 g/mol. The Bertz CT molecular complexity index is 373. The summed E-state index contributed by atoms with van der Waals surface area (Å²) in [6.45, 7) is 5.43. The summed E-state index contributed by atoms with van der Waals surface area (Å²) in [5, 5.41) is 9.29. The van der Waals surface area contributed by atoms with Crippen molar-refractivity contribution < 1.29 is 13.2 Å². The lowest BCUT2D eigenvalue weighted by Gasteiger charge is -2.29. The molecule has 1 atom stereocenters. The lowest BCUT2D eigenvalue weighted by Crippen LogP contribution is -2.39. The highest BCUT2D eigenvalue weighted by Crippen LogP contribution is 2.27. The highest BCUT2D eigenvalue weighted by atomic mass is 35.5. The first kappa shape index (κ1) is 14.0. The third-order valence-corrected chi connectivity index (χ3v) is 2.95. The van der Waals surface area contributed by atoms with Crippen molar-refractivity contribution in [1.82, 2.24) is 10.2 Å². The van der Waals surface area contributed by atoms with E-state index in [-0.39, 0.29) is 11.2 Å². The fourth-order valence-corrected chi connectivity index (χ4v) is 1.03. The number of rotatable bonds is 3. The van der Waals surface area contributed by atoms with E-state index < -0.39 is 17.4 Å². The van der Waals surface area contributed by atoms with E-state index in [0.717, 1.165) is 6.07 Å². The molecule has 0 fully saturated rings. The van der Waals surface area contributed by atoms with Crippen molar-refractivity contribution in [2.45, 2.75) is 37.9 Å². The van der Waals surface area contributed by atoms with Crippen molar-refractivity contribution in [3.63, 3.8) is 0 Å². The third kappa shape index (κ3) is 3.73.